The monoisotopic (exact) mass is 888 g/mol. The van der Waals surface area contributed by atoms with Gasteiger partial charge in [-0.25, -0.2) is 0 Å². The Balaban J connectivity index is 1.51. The van der Waals surface area contributed by atoms with Crippen LogP contribution in [-0.4, -0.2) is 164 Å². The lowest BCUT2D eigenvalue weighted by Gasteiger charge is -2.40. The fourth-order valence-electron chi connectivity index (χ4n) is 5.80. The van der Waals surface area contributed by atoms with Gasteiger partial charge in [-0.15, -0.1) is 0 Å². The van der Waals surface area contributed by atoms with Gasteiger partial charge in [0.05, 0.1) is 53.9 Å². The topological polar surface area (TPSA) is 210 Å². The Morgan fingerprint density at radius 1 is 0.588 bits per heavy atom. The van der Waals surface area contributed by atoms with Crippen molar-refractivity contribution in [1.82, 2.24) is 0 Å². The highest BCUT2D eigenvalue weighted by Crippen LogP contribution is 2.46. The second-order valence-corrected chi connectivity index (χ2v) is 21.8. The molecule has 51 heavy (non-hydrogen) atoms. The maximum Gasteiger partial charge on any atom is 0.127 e. The normalized spacial score (nSPS) is 39.1. The van der Waals surface area contributed by atoms with E-state index < -0.39 is 107 Å². The van der Waals surface area contributed by atoms with Crippen molar-refractivity contribution >= 4 is 103 Å². The zero-order valence-corrected chi connectivity index (χ0v) is 35.3. The molecule has 0 aromatic heterocycles. The number of rotatable bonds is 16. The Labute approximate surface area is 338 Å². The van der Waals surface area contributed by atoms with Crippen molar-refractivity contribution in [1.29, 1.82) is 0 Å². The largest absolute Gasteiger partial charge is 0.394 e. The van der Waals surface area contributed by atoms with Crippen molar-refractivity contribution in [3.63, 3.8) is 0 Å². The van der Waals surface area contributed by atoms with Crippen molar-refractivity contribution in [3.8, 4) is 0 Å². The third-order valence-corrected chi connectivity index (χ3v) is 19.0. The molecule has 12 nitrogen and oxygen atoms in total. The maximum absolute atomic E-state index is 10.5. The van der Waals surface area contributed by atoms with Crippen LogP contribution in [0.3, 0.4) is 0 Å². The zero-order chi connectivity index (χ0) is 37.6. The van der Waals surface area contributed by atoms with E-state index in [1.165, 1.54) is 64.8 Å². The van der Waals surface area contributed by atoms with Crippen LogP contribution in [0.15, 0.2) is 12.1 Å². The van der Waals surface area contributed by atoms with Crippen molar-refractivity contribution < 1.29 is 60.2 Å². The number of thiol groups is 3. The fourth-order valence-corrected chi connectivity index (χ4v) is 16.1. The molecule has 9 N–H and O–H groups in total. The molecule has 294 valence electrons. The smallest absolute Gasteiger partial charge is 0.127 e. The van der Waals surface area contributed by atoms with Crippen LogP contribution in [0.4, 0.5) is 0 Å². The molecule has 3 saturated heterocycles. The van der Waals surface area contributed by atoms with Crippen LogP contribution in [0.1, 0.15) is 28.2 Å². The summed E-state index contributed by atoms with van der Waals surface area (Å²) in [5.41, 5.74) is 2.56. The first-order valence-corrected chi connectivity index (χ1v) is 24.8. The van der Waals surface area contributed by atoms with Gasteiger partial charge in [-0.1, -0.05) is 82.5 Å². The molecule has 15 atom stereocenters. The third kappa shape index (κ3) is 11.5. The first-order valence-electron chi connectivity index (χ1n) is 16.1. The number of hydrogen-bond acceptors (Lipinski definition) is 21. The van der Waals surface area contributed by atoms with E-state index in [0.717, 1.165) is 22.3 Å². The second-order valence-electron chi connectivity index (χ2n) is 12.6. The van der Waals surface area contributed by atoms with E-state index >= 15 is 0 Å². The first kappa shape index (κ1) is 45.6. The molecule has 0 amide bonds. The van der Waals surface area contributed by atoms with Gasteiger partial charge in [0.25, 0.3) is 0 Å². The summed E-state index contributed by atoms with van der Waals surface area (Å²) < 4.78 is 17.6. The average molecular weight is 889 g/mol. The lowest BCUT2D eigenvalue weighted by atomic mass is 9.92. The first-order chi connectivity index (χ1) is 24.2. The molecule has 0 unspecified atom stereocenters. The van der Waals surface area contributed by atoms with Crippen molar-refractivity contribution in [2.24, 2.45) is 0 Å². The molecular formula is C30H48O12S9. The number of ether oxygens (including phenoxy) is 3. The Morgan fingerprint density at radius 3 is 1.33 bits per heavy atom. The molecule has 0 radical (unpaired) electrons. The van der Waals surface area contributed by atoms with Crippen LogP contribution < -0.4 is 0 Å². The minimum absolute atomic E-state index is 0.0456. The number of hydrogen-bond donors (Lipinski definition) is 12. The van der Waals surface area contributed by atoms with Gasteiger partial charge in [0.1, 0.15) is 52.9 Å². The van der Waals surface area contributed by atoms with E-state index in [2.05, 4.69) is 50.0 Å². The predicted molar refractivity (Wildman–Crippen MR) is 219 cm³/mol. The van der Waals surface area contributed by atoms with Gasteiger partial charge < -0.3 is 60.2 Å². The van der Waals surface area contributed by atoms with Crippen LogP contribution in [-0.2, 0) is 20.0 Å². The number of aryl methyl sites for hydroxylation is 2. The summed E-state index contributed by atoms with van der Waals surface area (Å²) in [6.45, 7) is 2.74. The van der Waals surface area contributed by atoms with Crippen molar-refractivity contribution in [2.45, 2.75) is 113 Å². The van der Waals surface area contributed by atoms with E-state index in [9.17, 15) is 46.0 Å². The van der Waals surface area contributed by atoms with Crippen LogP contribution >= 0.6 is 103 Å². The third-order valence-electron chi connectivity index (χ3n) is 8.87. The van der Waals surface area contributed by atoms with Crippen molar-refractivity contribution in [3.05, 3.63) is 34.4 Å². The highest BCUT2D eigenvalue weighted by Gasteiger charge is 2.45. The zero-order valence-electron chi connectivity index (χ0n) is 27.7. The van der Waals surface area contributed by atoms with Gasteiger partial charge in [-0.3, -0.25) is 0 Å². The van der Waals surface area contributed by atoms with Gasteiger partial charge in [0.2, 0.25) is 0 Å². The van der Waals surface area contributed by atoms with Crippen LogP contribution in [0.5, 0.6) is 0 Å². The molecule has 0 saturated carbocycles. The van der Waals surface area contributed by atoms with E-state index in [4.69, 9.17) is 14.2 Å². The van der Waals surface area contributed by atoms with E-state index in [1.54, 1.807) is 0 Å². The van der Waals surface area contributed by atoms with Crippen LogP contribution in [0, 0.1) is 13.8 Å². The molecule has 0 spiro atoms. The van der Waals surface area contributed by atoms with E-state index in [0.29, 0.717) is 17.3 Å². The number of benzene rings is 1. The highest BCUT2D eigenvalue weighted by atomic mass is 33.1. The van der Waals surface area contributed by atoms with Crippen LogP contribution in [0.25, 0.3) is 0 Å². The molecule has 3 aliphatic rings. The molecule has 3 fully saturated rings. The molecule has 1 aromatic rings. The second kappa shape index (κ2) is 21.6. The molecule has 3 aliphatic heterocycles. The molecule has 3 heterocycles. The molecular weight excluding hydrogens is 841 g/mol. The van der Waals surface area contributed by atoms with Gasteiger partial charge in [0, 0.05) is 23.2 Å². The van der Waals surface area contributed by atoms with Gasteiger partial charge in [-0.2, -0.15) is 37.9 Å². The summed E-state index contributed by atoms with van der Waals surface area (Å²) in [7, 11) is 8.67. The predicted octanol–water partition coefficient (Wildman–Crippen LogP) is 1.24. The summed E-state index contributed by atoms with van der Waals surface area (Å²) in [6, 6.07) is 4.26. The molecule has 0 bridgehead atoms. The molecule has 0 aliphatic carbocycles. The Morgan fingerprint density at radius 2 is 0.961 bits per heavy atom. The lowest BCUT2D eigenvalue weighted by Crippen LogP contribution is -2.55. The number of aliphatic hydroxyl groups excluding tert-OH is 9. The van der Waals surface area contributed by atoms with Crippen molar-refractivity contribution in [2.75, 3.05) is 31.3 Å². The lowest BCUT2D eigenvalue weighted by molar-refractivity contribution is -0.152. The summed E-state index contributed by atoms with van der Waals surface area (Å²) in [5.74, 6) is 1.71. The van der Waals surface area contributed by atoms with Gasteiger partial charge in [0.15, 0.2) is 0 Å². The SMILES string of the molecule is Cc1cc(C)c(CSS[C@@H]2O[C@H](CO)[C@H](O)[C@H](O)[C@H]2S)c(C(CSS[C@@H]2O[C@H](CO)[C@H](O)[C@H](O)[C@H]2S)CSS[C@@H]2O[C@H](CO)[C@H](O)[C@H](O)[C@H]2S)c1. The molecule has 4 rings (SSSR count). The summed E-state index contributed by atoms with van der Waals surface area (Å²) in [6.07, 6.45) is -10.1. The summed E-state index contributed by atoms with van der Waals surface area (Å²) in [4.78, 5) is 0. The van der Waals surface area contributed by atoms with Gasteiger partial charge in [-0.05, 0) is 30.5 Å². The average Bonchev–Trinajstić information content (AvgIpc) is 3.11. The fraction of sp³-hybridized carbons (Fsp3) is 0.800. The Hall–Kier alpha value is 1.89. The number of aliphatic hydroxyl groups is 9. The minimum atomic E-state index is -1.25. The Bertz CT molecular complexity index is 1180. The Kier molecular flexibility index (Phi) is 19.3. The van der Waals surface area contributed by atoms with Gasteiger partial charge >= 0.3 is 0 Å². The summed E-state index contributed by atoms with van der Waals surface area (Å²) >= 11 is 13.5. The standard InChI is InChI=1S/C30H48O12S9/c1-11-3-12(2)15(10-48-51-30-27(45)24(39)21(36)18(7-33)42-30)14(4-11)13(8-46-49-28-25(43)22(37)19(34)16(5-31)40-28)9-47-50-29-26(44)23(38)20(35)17(6-32)41-29/h3-4,13,16-39,43-45H,5-10H2,1-2H3/t16-,17-,18-,19+,20+,21+,22+,23+,24+,25-,26-,27-,28+,29+,30+/m1/s1. The maximum atomic E-state index is 10.5. The highest BCUT2D eigenvalue weighted by molar-refractivity contribution is 8.77. The van der Waals surface area contributed by atoms with Crippen LogP contribution in [0.2, 0.25) is 0 Å². The quantitative estimate of drug-likeness (QED) is 0.0833. The molecule has 1 aromatic carbocycles. The summed E-state index contributed by atoms with van der Waals surface area (Å²) in [5, 5.41) is 89.2. The van der Waals surface area contributed by atoms with E-state index in [-0.39, 0.29) is 5.92 Å². The minimum Gasteiger partial charge on any atom is -0.394 e. The van der Waals surface area contributed by atoms with E-state index in [1.807, 2.05) is 13.8 Å². The molecule has 21 heteroatoms.